The van der Waals surface area contributed by atoms with E-state index in [4.69, 9.17) is 16.3 Å². The molecule has 0 bridgehead atoms. The van der Waals surface area contributed by atoms with Crippen LogP contribution in [0.2, 0.25) is 5.15 Å². The van der Waals surface area contributed by atoms with Crippen LogP contribution in [0.3, 0.4) is 0 Å². The summed E-state index contributed by atoms with van der Waals surface area (Å²) in [5.74, 6) is 0.392. The van der Waals surface area contributed by atoms with Gasteiger partial charge in [0.1, 0.15) is 16.6 Å². The highest BCUT2D eigenvalue weighted by Crippen LogP contribution is 2.31. The molecule has 1 amide bonds. The van der Waals surface area contributed by atoms with E-state index in [9.17, 15) is 4.79 Å². The second-order valence-corrected chi connectivity index (χ2v) is 7.43. The van der Waals surface area contributed by atoms with Crippen LogP contribution in [0, 0.1) is 0 Å². The van der Waals surface area contributed by atoms with Crippen LogP contribution in [0.25, 0.3) is 5.65 Å². The summed E-state index contributed by atoms with van der Waals surface area (Å²) in [6.45, 7) is 5.39. The Balaban J connectivity index is 2.20. The minimum absolute atomic E-state index is 0.223. The summed E-state index contributed by atoms with van der Waals surface area (Å²) in [5, 5.41) is 4.49. The molecule has 7 nitrogen and oxygen atoms in total. The molecule has 0 aliphatic heterocycles. The third-order valence-electron chi connectivity index (χ3n) is 3.09. The lowest BCUT2D eigenvalue weighted by Crippen LogP contribution is -2.35. The molecule has 0 radical (unpaired) electrons. The third-order valence-corrected chi connectivity index (χ3v) is 3.84. The van der Waals surface area contributed by atoms with Gasteiger partial charge in [-0.3, -0.25) is 4.98 Å². The fourth-order valence-electron chi connectivity index (χ4n) is 2.18. The summed E-state index contributed by atoms with van der Waals surface area (Å²) in [7, 11) is 0. The monoisotopic (exact) mass is 423 g/mol. The van der Waals surface area contributed by atoms with Gasteiger partial charge in [0, 0.05) is 12.3 Å². The van der Waals surface area contributed by atoms with E-state index in [-0.39, 0.29) is 5.15 Å². The Labute approximate surface area is 157 Å². The van der Waals surface area contributed by atoms with Crippen LogP contribution in [0.1, 0.15) is 20.8 Å². The summed E-state index contributed by atoms with van der Waals surface area (Å²) < 4.78 is 7.71. The minimum Gasteiger partial charge on any atom is -0.443 e. The van der Waals surface area contributed by atoms with Gasteiger partial charge in [-0.2, -0.15) is 9.61 Å². The van der Waals surface area contributed by atoms with E-state index in [0.717, 1.165) is 0 Å². The topological polar surface area (TPSA) is 72.6 Å². The number of fused-ring (bicyclic) bond motifs is 1. The predicted octanol–water partition coefficient (Wildman–Crippen LogP) is 4.61. The molecule has 3 aromatic heterocycles. The molecule has 25 heavy (non-hydrogen) atoms. The number of anilines is 2. The van der Waals surface area contributed by atoms with Gasteiger partial charge in [-0.1, -0.05) is 11.6 Å². The van der Waals surface area contributed by atoms with Gasteiger partial charge in [0.2, 0.25) is 0 Å². The number of amides is 1. The molecule has 3 rings (SSSR count). The van der Waals surface area contributed by atoms with Crippen molar-refractivity contribution < 1.29 is 9.53 Å². The van der Waals surface area contributed by atoms with Crippen LogP contribution in [0.4, 0.5) is 16.3 Å². The molecular weight excluding hydrogens is 410 g/mol. The number of carbonyl (C=O) groups is 1. The summed E-state index contributed by atoms with van der Waals surface area (Å²) in [5.41, 5.74) is 0.338. The first kappa shape index (κ1) is 17.6. The number of hydrogen-bond acceptors (Lipinski definition) is 5. The molecule has 130 valence electrons. The first-order valence-electron chi connectivity index (χ1n) is 7.39. The van der Waals surface area contributed by atoms with Crippen LogP contribution in [-0.2, 0) is 4.74 Å². The molecule has 0 saturated heterocycles. The molecule has 0 fully saturated rings. The number of rotatable bonds is 2. The molecule has 0 saturated carbocycles. The molecule has 3 aromatic rings. The van der Waals surface area contributed by atoms with Gasteiger partial charge in [-0.15, -0.1) is 0 Å². The SMILES string of the molecule is CC(C)(C)OC(=O)N(c1cccnc1)c1cc(Cl)nc2c(Br)cnn12. The van der Waals surface area contributed by atoms with Crippen molar-refractivity contribution in [3.63, 3.8) is 0 Å². The number of hydrogen-bond donors (Lipinski definition) is 0. The van der Waals surface area contributed by atoms with Crippen molar-refractivity contribution in [2.45, 2.75) is 26.4 Å². The van der Waals surface area contributed by atoms with Crippen molar-refractivity contribution >= 4 is 50.8 Å². The van der Waals surface area contributed by atoms with E-state index in [1.54, 1.807) is 57.6 Å². The number of aromatic nitrogens is 4. The Bertz CT molecular complexity index is 923. The number of nitrogens with zero attached hydrogens (tertiary/aromatic N) is 5. The van der Waals surface area contributed by atoms with Gasteiger partial charge in [-0.25, -0.2) is 14.7 Å². The summed E-state index contributed by atoms with van der Waals surface area (Å²) >= 11 is 9.53. The summed E-state index contributed by atoms with van der Waals surface area (Å²) in [6, 6.07) is 5.02. The number of ether oxygens (including phenoxy) is 1. The van der Waals surface area contributed by atoms with E-state index >= 15 is 0 Å². The van der Waals surface area contributed by atoms with Gasteiger partial charge < -0.3 is 4.74 Å². The molecule has 0 aromatic carbocycles. The maximum absolute atomic E-state index is 12.9. The van der Waals surface area contributed by atoms with Crippen molar-refractivity contribution in [2.75, 3.05) is 4.90 Å². The second-order valence-electron chi connectivity index (χ2n) is 6.19. The molecule has 0 atom stereocenters. The quantitative estimate of drug-likeness (QED) is 0.562. The van der Waals surface area contributed by atoms with Crippen LogP contribution >= 0.6 is 27.5 Å². The largest absolute Gasteiger partial charge is 0.443 e. The first-order valence-corrected chi connectivity index (χ1v) is 8.56. The van der Waals surface area contributed by atoms with Crippen molar-refractivity contribution in [3.8, 4) is 0 Å². The summed E-state index contributed by atoms with van der Waals surface area (Å²) in [6.07, 6.45) is 4.19. The lowest BCUT2D eigenvalue weighted by Gasteiger charge is -2.27. The molecule has 0 spiro atoms. The van der Waals surface area contributed by atoms with Crippen LogP contribution in [0.5, 0.6) is 0 Å². The fraction of sp³-hybridized carbons (Fsp3) is 0.250. The minimum atomic E-state index is -0.668. The van der Waals surface area contributed by atoms with Gasteiger partial charge in [0.15, 0.2) is 5.65 Å². The Hall–Kier alpha value is -2.19. The maximum Gasteiger partial charge on any atom is 0.420 e. The molecule has 0 N–H and O–H groups in total. The van der Waals surface area contributed by atoms with Gasteiger partial charge in [-0.05, 0) is 48.8 Å². The van der Waals surface area contributed by atoms with Crippen molar-refractivity contribution in [1.82, 2.24) is 19.6 Å². The molecule has 9 heteroatoms. The van der Waals surface area contributed by atoms with E-state index in [1.807, 2.05) is 0 Å². The smallest absolute Gasteiger partial charge is 0.420 e. The Morgan fingerprint density at radius 1 is 1.36 bits per heavy atom. The first-order chi connectivity index (χ1) is 11.8. The average Bonchev–Trinajstić information content (AvgIpc) is 2.88. The van der Waals surface area contributed by atoms with Gasteiger partial charge in [0.05, 0.1) is 22.6 Å². The van der Waals surface area contributed by atoms with E-state index in [0.29, 0.717) is 21.6 Å². The Morgan fingerprint density at radius 3 is 2.76 bits per heavy atom. The highest BCUT2D eigenvalue weighted by Gasteiger charge is 2.28. The molecule has 0 aliphatic carbocycles. The lowest BCUT2D eigenvalue weighted by atomic mass is 10.2. The number of carbonyl (C=O) groups excluding carboxylic acids is 1. The standard InChI is InChI=1S/C16H15BrClN5O2/c1-16(2,3)25-15(24)22(10-5-4-6-19-8-10)13-7-12(18)21-14-11(17)9-20-23(13)14/h4-9H,1-3H3. The second kappa shape index (κ2) is 6.61. The van der Waals surface area contributed by atoms with Crippen molar-refractivity contribution in [1.29, 1.82) is 0 Å². The Kier molecular flexibility index (Phi) is 4.66. The maximum atomic E-state index is 12.9. The zero-order valence-electron chi connectivity index (χ0n) is 13.8. The predicted molar refractivity (Wildman–Crippen MR) is 98.3 cm³/mol. The zero-order chi connectivity index (χ0) is 18.2. The fourth-order valence-corrected chi connectivity index (χ4v) is 2.70. The van der Waals surface area contributed by atoms with Crippen LogP contribution in [-0.4, -0.2) is 31.3 Å². The van der Waals surface area contributed by atoms with E-state index in [2.05, 4.69) is 31.0 Å². The number of halogens is 2. The highest BCUT2D eigenvalue weighted by atomic mass is 79.9. The lowest BCUT2D eigenvalue weighted by molar-refractivity contribution is 0.0597. The van der Waals surface area contributed by atoms with Crippen LogP contribution < -0.4 is 4.90 Å². The molecular formula is C16H15BrClN5O2. The van der Waals surface area contributed by atoms with Gasteiger partial charge >= 0.3 is 6.09 Å². The van der Waals surface area contributed by atoms with Crippen molar-refractivity contribution in [3.05, 3.63) is 46.4 Å². The average molecular weight is 425 g/mol. The zero-order valence-corrected chi connectivity index (χ0v) is 16.1. The molecule has 3 heterocycles. The van der Waals surface area contributed by atoms with Crippen LogP contribution in [0.15, 0.2) is 41.3 Å². The normalized spacial score (nSPS) is 11.6. The third kappa shape index (κ3) is 3.74. The van der Waals surface area contributed by atoms with Crippen molar-refractivity contribution in [2.24, 2.45) is 0 Å². The summed E-state index contributed by atoms with van der Waals surface area (Å²) in [4.78, 5) is 22.6. The molecule has 0 aliphatic rings. The van der Waals surface area contributed by atoms with E-state index in [1.165, 1.54) is 9.42 Å². The Morgan fingerprint density at radius 2 is 2.12 bits per heavy atom. The molecule has 0 unspecified atom stereocenters. The number of pyridine rings is 1. The van der Waals surface area contributed by atoms with Gasteiger partial charge in [0.25, 0.3) is 0 Å². The van der Waals surface area contributed by atoms with E-state index < -0.39 is 11.7 Å². The highest BCUT2D eigenvalue weighted by molar-refractivity contribution is 9.10.